The van der Waals surface area contributed by atoms with E-state index in [1.807, 2.05) is 18.2 Å². The van der Waals surface area contributed by atoms with E-state index in [1.165, 1.54) is 7.11 Å². The van der Waals surface area contributed by atoms with Crippen LogP contribution in [0.1, 0.15) is 37.4 Å². The molecular formula is C26H32N2O5. The molecule has 1 saturated heterocycles. The molecule has 1 amide bonds. The molecule has 1 atom stereocenters. The van der Waals surface area contributed by atoms with E-state index in [0.717, 1.165) is 19.6 Å². The first-order valence-electron chi connectivity index (χ1n) is 11.2. The minimum absolute atomic E-state index is 0.0561. The Kier molecular flexibility index (Phi) is 8.11. The van der Waals surface area contributed by atoms with Gasteiger partial charge in [-0.3, -0.25) is 9.59 Å². The van der Waals surface area contributed by atoms with Crippen LogP contribution in [-0.2, 0) is 9.59 Å². The lowest BCUT2D eigenvalue weighted by molar-refractivity contribution is -0.140. The number of ether oxygens (including phenoxy) is 2. The van der Waals surface area contributed by atoms with Gasteiger partial charge in [-0.15, -0.1) is 0 Å². The van der Waals surface area contributed by atoms with Gasteiger partial charge in [0.1, 0.15) is 17.3 Å². The number of nitrogens with zero attached hydrogens (tertiary/aromatic N) is 2. The van der Waals surface area contributed by atoms with Gasteiger partial charge in [0.25, 0.3) is 11.7 Å². The smallest absolute Gasteiger partial charge is 0.295 e. The Morgan fingerprint density at radius 1 is 1.03 bits per heavy atom. The van der Waals surface area contributed by atoms with Gasteiger partial charge in [0, 0.05) is 17.7 Å². The van der Waals surface area contributed by atoms with E-state index >= 15 is 0 Å². The summed E-state index contributed by atoms with van der Waals surface area (Å²) >= 11 is 0. The molecule has 1 heterocycles. The van der Waals surface area contributed by atoms with Crippen molar-refractivity contribution in [2.75, 3.05) is 40.4 Å². The van der Waals surface area contributed by atoms with Crippen molar-refractivity contribution in [1.82, 2.24) is 9.80 Å². The molecule has 0 radical (unpaired) electrons. The molecule has 7 heteroatoms. The molecule has 7 nitrogen and oxygen atoms in total. The number of amides is 1. The fourth-order valence-corrected chi connectivity index (χ4v) is 4.26. The van der Waals surface area contributed by atoms with Gasteiger partial charge < -0.3 is 24.4 Å². The minimum atomic E-state index is -0.746. The molecule has 0 unspecified atom stereocenters. The van der Waals surface area contributed by atoms with Gasteiger partial charge in [0.05, 0.1) is 25.8 Å². The quantitative estimate of drug-likeness (QED) is 0.335. The summed E-state index contributed by atoms with van der Waals surface area (Å²) < 4.78 is 10.8. The number of ketones is 1. The zero-order valence-corrected chi connectivity index (χ0v) is 19.7. The van der Waals surface area contributed by atoms with Gasteiger partial charge in [-0.25, -0.2) is 0 Å². The van der Waals surface area contributed by atoms with Gasteiger partial charge in [-0.1, -0.05) is 44.2 Å². The number of hydrogen-bond donors (Lipinski definition) is 1. The first-order chi connectivity index (χ1) is 16.0. The Balaban J connectivity index is 2.09. The number of benzene rings is 2. The number of aliphatic hydroxyl groups is 1. The van der Waals surface area contributed by atoms with Crippen LogP contribution in [0.3, 0.4) is 0 Å². The number of aliphatic hydroxyl groups excluding tert-OH is 1. The largest absolute Gasteiger partial charge is 0.507 e. The third-order valence-corrected chi connectivity index (χ3v) is 6.08. The number of carbonyl (C=O) groups excluding carboxylic acids is 2. The molecule has 1 fully saturated rings. The molecule has 33 heavy (non-hydrogen) atoms. The summed E-state index contributed by atoms with van der Waals surface area (Å²) in [5.74, 6) is -0.450. The van der Waals surface area contributed by atoms with Crippen LogP contribution in [0.4, 0.5) is 0 Å². The van der Waals surface area contributed by atoms with E-state index in [9.17, 15) is 14.7 Å². The summed E-state index contributed by atoms with van der Waals surface area (Å²) in [4.78, 5) is 30.1. The normalized spacial score (nSPS) is 17.6. The maximum atomic E-state index is 13.2. The fraction of sp³-hybridized carbons (Fsp3) is 0.385. The molecule has 2 aromatic rings. The molecule has 0 spiro atoms. The second-order valence-electron chi connectivity index (χ2n) is 7.85. The first-order valence-corrected chi connectivity index (χ1v) is 11.2. The van der Waals surface area contributed by atoms with Crippen LogP contribution in [-0.4, -0.2) is 67.0 Å². The van der Waals surface area contributed by atoms with Gasteiger partial charge in [0.15, 0.2) is 0 Å². The number of carbonyl (C=O) groups is 2. The highest BCUT2D eigenvalue weighted by Gasteiger charge is 2.46. The highest BCUT2D eigenvalue weighted by Crippen LogP contribution is 2.42. The van der Waals surface area contributed by atoms with E-state index in [4.69, 9.17) is 9.47 Å². The molecule has 3 rings (SSSR count). The summed E-state index contributed by atoms with van der Waals surface area (Å²) in [5, 5.41) is 11.2. The lowest BCUT2D eigenvalue weighted by atomic mass is 9.94. The maximum absolute atomic E-state index is 13.2. The predicted octanol–water partition coefficient (Wildman–Crippen LogP) is 3.86. The van der Waals surface area contributed by atoms with Crippen molar-refractivity contribution in [3.05, 3.63) is 65.2 Å². The van der Waals surface area contributed by atoms with E-state index in [1.54, 1.807) is 42.3 Å². The van der Waals surface area contributed by atoms with Gasteiger partial charge in [-0.2, -0.15) is 0 Å². The van der Waals surface area contributed by atoms with Crippen molar-refractivity contribution in [3.63, 3.8) is 0 Å². The molecular weight excluding hydrogens is 420 g/mol. The molecule has 0 aliphatic carbocycles. The number of hydrogen-bond acceptors (Lipinski definition) is 6. The van der Waals surface area contributed by atoms with E-state index in [2.05, 4.69) is 18.7 Å². The van der Waals surface area contributed by atoms with Crippen molar-refractivity contribution in [1.29, 1.82) is 0 Å². The summed E-state index contributed by atoms with van der Waals surface area (Å²) in [6.45, 7) is 7.22. The van der Waals surface area contributed by atoms with E-state index in [-0.39, 0.29) is 11.3 Å². The molecule has 0 aromatic heterocycles. The number of Topliss-reactive ketones (excluding diaryl/α,β-unsaturated/α-hetero) is 1. The summed E-state index contributed by atoms with van der Waals surface area (Å²) in [6, 6.07) is 13.3. The molecule has 1 aliphatic rings. The van der Waals surface area contributed by atoms with Crippen LogP contribution in [0.25, 0.3) is 5.76 Å². The number of para-hydroxylation sites is 1. The van der Waals surface area contributed by atoms with Crippen LogP contribution in [0.2, 0.25) is 0 Å². The SMILES string of the molecule is CCN(CC)CCCN1C(=O)C(=O)C(=C(O)c2cccc(OC)c2)[C@@H]1c1ccccc1OC. The monoisotopic (exact) mass is 452 g/mol. The Morgan fingerprint density at radius 2 is 1.76 bits per heavy atom. The van der Waals surface area contributed by atoms with Gasteiger partial charge >= 0.3 is 0 Å². The van der Waals surface area contributed by atoms with Crippen molar-refractivity contribution in [3.8, 4) is 11.5 Å². The second kappa shape index (κ2) is 11.0. The Morgan fingerprint density at radius 3 is 2.42 bits per heavy atom. The van der Waals surface area contributed by atoms with Crippen molar-refractivity contribution >= 4 is 17.4 Å². The van der Waals surface area contributed by atoms with E-state index < -0.39 is 17.7 Å². The molecule has 176 valence electrons. The lowest BCUT2D eigenvalue weighted by Crippen LogP contribution is -2.33. The summed E-state index contributed by atoms with van der Waals surface area (Å²) in [5.41, 5.74) is 1.13. The zero-order chi connectivity index (χ0) is 24.0. The molecule has 0 bridgehead atoms. The Labute approximate surface area is 195 Å². The molecule has 1 aliphatic heterocycles. The fourth-order valence-electron chi connectivity index (χ4n) is 4.26. The third-order valence-electron chi connectivity index (χ3n) is 6.08. The Hall–Kier alpha value is -3.32. The number of likely N-dealkylation sites (tertiary alicyclic amines) is 1. The van der Waals surface area contributed by atoms with Crippen molar-refractivity contribution < 1.29 is 24.2 Å². The summed E-state index contributed by atoms with van der Waals surface area (Å²) in [7, 11) is 3.08. The predicted molar refractivity (Wildman–Crippen MR) is 127 cm³/mol. The van der Waals surface area contributed by atoms with Crippen LogP contribution >= 0.6 is 0 Å². The molecule has 0 saturated carbocycles. The number of methoxy groups -OCH3 is 2. The van der Waals surface area contributed by atoms with Gasteiger partial charge in [0.2, 0.25) is 0 Å². The van der Waals surface area contributed by atoms with Crippen LogP contribution < -0.4 is 9.47 Å². The highest BCUT2D eigenvalue weighted by molar-refractivity contribution is 6.46. The third kappa shape index (κ3) is 5.03. The summed E-state index contributed by atoms with van der Waals surface area (Å²) in [6.07, 6.45) is 0.708. The van der Waals surface area contributed by atoms with Gasteiger partial charge in [-0.05, 0) is 44.3 Å². The standard InChI is InChI=1S/C26H32N2O5/c1-5-27(6-2)15-10-16-28-23(20-13-7-8-14-21(20)33-4)22(25(30)26(28)31)24(29)18-11-9-12-19(17-18)32-3/h7-9,11-14,17,23,29H,5-6,10,15-16H2,1-4H3/t23-/m0/s1. The average Bonchev–Trinajstić information content (AvgIpc) is 3.10. The lowest BCUT2D eigenvalue weighted by Gasteiger charge is -2.27. The first kappa shape index (κ1) is 24.3. The number of rotatable bonds is 10. The highest BCUT2D eigenvalue weighted by atomic mass is 16.5. The second-order valence-corrected chi connectivity index (χ2v) is 7.85. The molecule has 2 aromatic carbocycles. The van der Waals surface area contributed by atoms with E-state index in [0.29, 0.717) is 35.6 Å². The zero-order valence-electron chi connectivity index (χ0n) is 19.7. The topological polar surface area (TPSA) is 79.3 Å². The average molecular weight is 453 g/mol. The van der Waals surface area contributed by atoms with Crippen molar-refractivity contribution in [2.45, 2.75) is 26.3 Å². The maximum Gasteiger partial charge on any atom is 0.295 e. The van der Waals surface area contributed by atoms with Crippen molar-refractivity contribution in [2.24, 2.45) is 0 Å². The molecule has 1 N–H and O–H groups in total. The Bertz CT molecular complexity index is 1030. The van der Waals surface area contributed by atoms with Crippen LogP contribution in [0.15, 0.2) is 54.1 Å². The van der Waals surface area contributed by atoms with Crippen LogP contribution in [0, 0.1) is 0 Å². The van der Waals surface area contributed by atoms with Crippen LogP contribution in [0.5, 0.6) is 11.5 Å². The minimum Gasteiger partial charge on any atom is -0.507 e.